The maximum atomic E-state index is 12.4. The molecule has 1 N–H and O–H groups in total. The summed E-state index contributed by atoms with van der Waals surface area (Å²) in [5.74, 6) is -0.213. The Hall–Kier alpha value is -3.26. The topological polar surface area (TPSA) is 88.4 Å². The van der Waals surface area contributed by atoms with E-state index in [-0.39, 0.29) is 5.56 Å². The molecular weight excluding hydrogens is 380 g/mol. The third-order valence-corrected chi connectivity index (χ3v) is 5.18. The molecule has 0 saturated carbocycles. The lowest BCUT2D eigenvalue weighted by atomic mass is 10.1. The van der Waals surface area contributed by atoms with E-state index in [1.54, 1.807) is 68.6 Å². The fourth-order valence-electron chi connectivity index (χ4n) is 2.68. The molecule has 0 unspecified atom stereocenters. The Morgan fingerprint density at radius 1 is 1.18 bits per heavy atom. The van der Waals surface area contributed by atoms with Gasteiger partial charge in [0.05, 0.1) is 30.4 Å². The van der Waals surface area contributed by atoms with Gasteiger partial charge in [0, 0.05) is 12.6 Å². The van der Waals surface area contributed by atoms with Crippen LogP contribution in [0.25, 0.3) is 6.08 Å². The predicted molar refractivity (Wildman–Crippen MR) is 109 cm³/mol. The van der Waals surface area contributed by atoms with Crippen LogP contribution in [0.3, 0.4) is 0 Å². The molecule has 1 aliphatic heterocycles. The summed E-state index contributed by atoms with van der Waals surface area (Å²) in [6.07, 6.45) is 1.68. The Bertz CT molecular complexity index is 1000. The van der Waals surface area contributed by atoms with Gasteiger partial charge in [-0.3, -0.25) is 4.79 Å². The van der Waals surface area contributed by atoms with Gasteiger partial charge in [-0.1, -0.05) is 12.1 Å². The first-order valence-corrected chi connectivity index (χ1v) is 9.07. The third kappa shape index (κ3) is 3.86. The van der Waals surface area contributed by atoms with E-state index < -0.39 is 11.9 Å². The molecule has 3 rings (SSSR count). The molecule has 28 heavy (non-hydrogen) atoms. The summed E-state index contributed by atoms with van der Waals surface area (Å²) >= 11 is 1.17. The molecule has 0 fully saturated rings. The Labute approximate surface area is 166 Å². The summed E-state index contributed by atoms with van der Waals surface area (Å²) in [6, 6.07) is 11.8. The fourth-order valence-corrected chi connectivity index (χ4v) is 3.56. The van der Waals surface area contributed by atoms with Gasteiger partial charge in [-0.05, 0) is 48.2 Å². The zero-order valence-corrected chi connectivity index (χ0v) is 16.3. The van der Waals surface area contributed by atoms with Crippen molar-refractivity contribution in [1.29, 1.82) is 0 Å². The number of hydrogen-bond donors (Lipinski definition) is 1. The molecule has 144 valence electrons. The van der Waals surface area contributed by atoms with Crippen LogP contribution in [0.1, 0.15) is 15.9 Å². The number of anilines is 1. The molecule has 0 bridgehead atoms. The van der Waals surface area contributed by atoms with Crippen LogP contribution in [0.2, 0.25) is 0 Å². The number of aliphatic imine (C=N–C) groups is 1. The fraction of sp³-hybridized carbons (Fsp3) is 0.150. The van der Waals surface area contributed by atoms with Crippen LogP contribution >= 0.6 is 11.8 Å². The van der Waals surface area contributed by atoms with Crippen LogP contribution in [0, 0.1) is 0 Å². The number of benzene rings is 2. The van der Waals surface area contributed by atoms with Gasteiger partial charge in [0.15, 0.2) is 5.17 Å². The van der Waals surface area contributed by atoms with Gasteiger partial charge >= 0.3 is 5.97 Å². The lowest BCUT2D eigenvalue weighted by Gasteiger charge is -2.19. The van der Waals surface area contributed by atoms with Gasteiger partial charge in [-0.15, -0.1) is 0 Å². The molecule has 0 radical (unpaired) electrons. The van der Waals surface area contributed by atoms with Crippen molar-refractivity contribution in [1.82, 2.24) is 0 Å². The number of para-hydroxylation sites is 1. The molecule has 0 aromatic heterocycles. The average molecular weight is 398 g/mol. The van der Waals surface area contributed by atoms with Crippen molar-refractivity contribution in [3.8, 4) is 11.5 Å². The Morgan fingerprint density at radius 3 is 2.61 bits per heavy atom. The summed E-state index contributed by atoms with van der Waals surface area (Å²) in [7, 11) is 4.78. The SMILES string of the molecule is COc1ccc(OC)c(/C=C2\SC(N(C)c3ccccc3C(=O)O)=NC2=O)c1. The van der Waals surface area contributed by atoms with E-state index in [0.717, 1.165) is 0 Å². The van der Waals surface area contributed by atoms with Crippen LogP contribution in [-0.2, 0) is 4.79 Å². The first-order valence-electron chi connectivity index (χ1n) is 8.25. The molecule has 0 spiro atoms. The highest BCUT2D eigenvalue weighted by Gasteiger charge is 2.27. The molecule has 1 heterocycles. The van der Waals surface area contributed by atoms with E-state index in [2.05, 4.69) is 4.99 Å². The van der Waals surface area contributed by atoms with Crippen LogP contribution in [0.4, 0.5) is 5.69 Å². The first kappa shape index (κ1) is 19.5. The van der Waals surface area contributed by atoms with Crippen molar-refractivity contribution < 1.29 is 24.2 Å². The normalized spacial score (nSPS) is 14.8. The highest BCUT2D eigenvalue weighted by Crippen LogP contribution is 2.35. The number of methoxy groups -OCH3 is 2. The van der Waals surface area contributed by atoms with Crippen molar-refractivity contribution in [2.24, 2.45) is 4.99 Å². The molecule has 1 aliphatic rings. The summed E-state index contributed by atoms with van der Waals surface area (Å²) in [4.78, 5) is 29.9. The van der Waals surface area contributed by atoms with Crippen molar-refractivity contribution in [2.75, 3.05) is 26.2 Å². The number of carbonyl (C=O) groups excluding carboxylic acids is 1. The Kier molecular flexibility index (Phi) is 5.70. The molecular formula is C20H18N2O5S. The molecule has 2 aromatic rings. The molecule has 0 aliphatic carbocycles. The van der Waals surface area contributed by atoms with E-state index in [1.165, 1.54) is 17.8 Å². The molecule has 2 aromatic carbocycles. The number of aromatic carboxylic acids is 1. The second-order valence-corrected chi connectivity index (χ2v) is 6.81. The van der Waals surface area contributed by atoms with Gasteiger partial charge in [0.2, 0.25) is 0 Å². The number of thioether (sulfide) groups is 1. The van der Waals surface area contributed by atoms with E-state index in [1.807, 2.05) is 0 Å². The maximum absolute atomic E-state index is 12.4. The largest absolute Gasteiger partial charge is 0.497 e. The summed E-state index contributed by atoms with van der Waals surface area (Å²) in [6.45, 7) is 0. The lowest BCUT2D eigenvalue weighted by molar-refractivity contribution is -0.113. The maximum Gasteiger partial charge on any atom is 0.337 e. The number of ether oxygens (including phenoxy) is 2. The van der Waals surface area contributed by atoms with Crippen molar-refractivity contribution in [3.63, 3.8) is 0 Å². The second kappa shape index (κ2) is 8.18. The first-order chi connectivity index (χ1) is 13.4. The van der Waals surface area contributed by atoms with Crippen LogP contribution in [-0.4, -0.2) is 43.4 Å². The van der Waals surface area contributed by atoms with E-state index in [4.69, 9.17) is 9.47 Å². The molecule has 0 saturated heterocycles. The van der Waals surface area contributed by atoms with E-state index in [0.29, 0.717) is 32.8 Å². The Morgan fingerprint density at radius 2 is 1.93 bits per heavy atom. The second-order valence-electron chi connectivity index (χ2n) is 5.80. The molecule has 0 atom stereocenters. The van der Waals surface area contributed by atoms with Gasteiger partial charge in [-0.25, -0.2) is 4.79 Å². The van der Waals surface area contributed by atoms with Crippen LogP contribution in [0.5, 0.6) is 11.5 Å². The number of carboxylic acids is 1. The monoisotopic (exact) mass is 398 g/mol. The number of nitrogens with zero attached hydrogens (tertiary/aromatic N) is 2. The van der Waals surface area contributed by atoms with Gasteiger partial charge in [0.1, 0.15) is 11.5 Å². The van der Waals surface area contributed by atoms with Crippen LogP contribution < -0.4 is 14.4 Å². The highest BCUT2D eigenvalue weighted by molar-refractivity contribution is 8.18. The quantitative estimate of drug-likeness (QED) is 0.771. The summed E-state index contributed by atoms with van der Waals surface area (Å²) in [5.41, 5.74) is 1.27. The number of carboxylic acid groups (broad SMARTS) is 1. The van der Waals surface area contributed by atoms with Gasteiger partial charge in [0.25, 0.3) is 5.91 Å². The molecule has 1 amide bonds. The highest BCUT2D eigenvalue weighted by atomic mass is 32.2. The van der Waals surface area contributed by atoms with Gasteiger partial charge < -0.3 is 19.5 Å². The zero-order valence-electron chi connectivity index (χ0n) is 15.5. The minimum Gasteiger partial charge on any atom is -0.497 e. The van der Waals surface area contributed by atoms with E-state index in [9.17, 15) is 14.7 Å². The molecule has 8 heteroatoms. The summed E-state index contributed by atoms with van der Waals surface area (Å²) < 4.78 is 10.6. The minimum atomic E-state index is -1.05. The summed E-state index contributed by atoms with van der Waals surface area (Å²) in [5, 5.41) is 9.78. The van der Waals surface area contributed by atoms with Crippen molar-refractivity contribution in [2.45, 2.75) is 0 Å². The lowest BCUT2D eigenvalue weighted by Crippen LogP contribution is -2.24. The minimum absolute atomic E-state index is 0.132. The third-order valence-electron chi connectivity index (χ3n) is 4.12. The average Bonchev–Trinajstić information content (AvgIpc) is 3.07. The zero-order chi connectivity index (χ0) is 20.3. The number of amidine groups is 1. The van der Waals surface area contributed by atoms with E-state index >= 15 is 0 Å². The number of rotatable bonds is 5. The Balaban J connectivity index is 1.91. The smallest absolute Gasteiger partial charge is 0.337 e. The number of hydrogen-bond acceptors (Lipinski definition) is 6. The van der Waals surface area contributed by atoms with Crippen molar-refractivity contribution >= 4 is 40.6 Å². The standard InChI is InChI=1S/C20H18N2O5S/c1-22(15-7-5-4-6-14(15)19(24)25)20-21-18(23)17(28-20)11-12-10-13(26-2)8-9-16(12)27-3/h4-11H,1-3H3,(H,24,25)/b17-11-. The van der Waals surface area contributed by atoms with Gasteiger partial charge in [-0.2, -0.15) is 4.99 Å². The number of carbonyl (C=O) groups is 2. The van der Waals surface area contributed by atoms with Crippen molar-refractivity contribution in [3.05, 3.63) is 58.5 Å². The number of amides is 1. The predicted octanol–water partition coefficient (Wildman–Crippen LogP) is 3.51. The molecule has 7 nitrogen and oxygen atoms in total. The van der Waals surface area contributed by atoms with Crippen LogP contribution in [0.15, 0.2) is 52.4 Å².